The minimum absolute atomic E-state index is 0.0131. The van der Waals surface area contributed by atoms with Gasteiger partial charge in [-0.2, -0.15) is 0 Å². The molecule has 1 saturated heterocycles. The van der Waals surface area contributed by atoms with E-state index in [0.717, 1.165) is 12.8 Å². The highest BCUT2D eigenvalue weighted by molar-refractivity contribution is 5.89. The number of amides is 2. The molecule has 5 nitrogen and oxygen atoms in total. The van der Waals surface area contributed by atoms with Crippen LogP contribution < -0.4 is 5.32 Å². The molecule has 1 saturated carbocycles. The predicted molar refractivity (Wildman–Crippen MR) is 57.7 cm³/mol. The maximum absolute atomic E-state index is 12.2. The molecule has 2 aliphatic rings. The summed E-state index contributed by atoms with van der Waals surface area (Å²) in [5, 5.41) is 2.70. The Morgan fingerprint density at radius 3 is 2.81 bits per heavy atom. The number of carbonyl (C=O) groups is 2. The maximum Gasteiger partial charge on any atom is 0.228 e. The first-order valence-electron chi connectivity index (χ1n) is 5.78. The average Bonchev–Trinajstić information content (AvgIpc) is 3.01. The molecule has 90 valence electrons. The summed E-state index contributed by atoms with van der Waals surface area (Å²) in [6.07, 6.45) is 2.52. The molecule has 2 amide bonds. The molecule has 5 heteroatoms. The lowest BCUT2D eigenvalue weighted by molar-refractivity contribution is -0.137. The van der Waals surface area contributed by atoms with Crippen molar-refractivity contribution in [3.8, 4) is 0 Å². The summed E-state index contributed by atoms with van der Waals surface area (Å²) >= 11 is 0. The lowest BCUT2D eigenvalue weighted by atomic mass is 10.1. The Balaban J connectivity index is 1.91. The van der Waals surface area contributed by atoms with Gasteiger partial charge < -0.3 is 15.0 Å². The van der Waals surface area contributed by atoms with Crippen LogP contribution in [0, 0.1) is 5.92 Å². The lowest BCUT2D eigenvalue weighted by Gasteiger charge is -2.24. The fourth-order valence-electron chi connectivity index (χ4n) is 2.06. The monoisotopic (exact) mass is 226 g/mol. The molecule has 1 N–H and O–H groups in total. The normalized spacial score (nSPS) is 24.3. The summed E-state index contributed by atoms with van der Waals surface area (Å²) in [6, 6.07) is 0.387. The van der Waals surface area contributed by atoms with Crippen molar-refractivity contribution in [3.05, 3.63) is 0 Å². The minimum Gasteiger partial charge on any atom is -0.383 e. The smallest absolute Gasteiger partial charge is 0.228 e. The number of ether oxygens (including phenoxy) is 1. The lowest BCUT2D eigenvalue weighted by Crippen LogP contribution is -2.40. The van der Waals surface area contributed by atoms with Crippen molar-refractivity contribution in [1.82, 2.24) is 10.2 Å². The molecular formula is C11H18N2O3. The van der Waals surface area contributed by atoms with Crippen LogP contribution in [0.15, 0.2) is 0 Å². The first-order chi connectivity index (χ1) is 7.72. The summed E-state index contributed by atoms with van der Waals surface area (Å²) in [5.74, 6) is -0.0660. The van der Waals surface area contributed by atoms with Crippen LogP contribution in [0.5, 0.6) is 0 Å². The second-order valence-corrected chi connectivity index (χ2v) is 4.46. The van der Waals surface area contributed by atoms with Gasteiger partial charge in [-0.1, -0.05) is 0 Å². The van der Waals surface area contributed by atoms with E-state index in [4.69, 9.17) is 4.74 Å². The van der Waals surface area contributed by atoms with E-state index in [2.05, 4.69) is 5.32 Å². The number of nitrogens with one attached hydrogen (secondary N) is 1. The second kappa shape index (κ2) is 4.82. The molecule has 0 radical (unpaired) electrons. The molecule has 1 atom stereocenters. The van der Waals surface area contributed by atoms with Gasteiger partial charge in [-0.15, -0.1) is 0 Å². The van der Waals surface area contributed by atoms with Crippen LogP contribution in [0.3, 0.4) is 0 Å². The molecule has 1 aliphatic carbocycles. The van der Waals surface area contributed by atoms with Crippen LogP contribution in [0.4, 0.5) is 0 Å². The summed E-state index contributed by atoms with van der Waals surface area (Å²) in [6.45, 7) is 1.70. The Bertz CT molecular complexity index is 289. The van der Waals surface area contributed by atoms with Gasteiger partial charge in [0.1, 0.15) is 0 Å². The van der Waals surface area contributed by atoms with Crippen LogP contribution in [-0.4, -0.2) is 49.6 Å². The molecule has 16 heavy (non-hydrogen) atoms. The third-order valence-corrected chi connectivity index (χ3v) is 3.13. The number of hydrogen-bond donors (Lipinski definition) is 1. The summed E-state index contributed by atoms with van der Waals surface area (Å²) in [4.78, 5) is 25.1. The van der Waals surface area contributed by atoms with Crippen molar-refractivity contribution in [2.45, 2.75) is 25.3 Å². The van der Waals surface area contributed by atoms with E-state index in [1.54, 1.807) is 7.11 Å². The van der Waals surface area contributed by atoms with Gasteiger partial charge in [0.25, 0.3) is 0 Å². The van der Waals surface area contributed by atoms with E-state index in [-0.39, 0.29) is 17.7 Å². The van der Waals surface area contributed by atoms with Crippen LogP contribution in [0.1, 0.15) is 19.3 Å². The first-order valence-corrected chi connectivity index (χ1v) is 5.78. The van der Waals surface area contributed by atoms with Gasteiger partial charge in [0, 0.05) is 32.7 Å². The molecule has 1 aliphatic heterocycles. The fourth-order valence-corrected chi connectivity index (χ4v) is 2.06. The molecule has 2 rings (SSSR count). The Hall–Kier alpha value is -1.10. The zero-order chi connectivity index (χ0) is 11.5. The van der Waals surface area contributed by atoms with Crippen LogP contribution in [0.2, 0.25) is 0 Å². The van der Waals surface area contributed by atoms with E-state index < -0.39 is 0 Å². The maximum atomic E-state index is 12.2. The Morgan fingerprint density at radius 1 is 1.56 bits per heavy atom. The van der Waals surface area contributed by atoms with Crippen molar-refractivity contribution in [3.63, 3.8) is 0 Å². The zero-order valence-corrected chi connectivity index (χ0v) is 9.57. The Labute approximate surface area is 95.1 Å². The first kappa shape index (κ1) is 11.4. The number of methoxy groups -OCH3 is 1. The third kappa shape index (κ3) is 2.52. The van der Waals surface area contributed by atoms with Gasteiger partial charge in [0.15, 0.2) is 0 Å². The van der Waals surface area contributed by atoms with Gasteiger partial charge in [-0.05, 0) is 12.8 Å². The summed E-state index contributed by atoms with van der Waals surface area (Å²) < 4.78 is 5.01. The number of hydrogen-bond acceptors (Lipinski definition) is 3. The second-order valence-electron chi connectivity index (χ2n) is 4.46. The van der Waals surface area contributed by atoms with Crippen molar-refractivity contribution in [2.75, 3.05) is 26.8 Å². The van der Waals surface area contributed by atoms with Gasteiger partial charge in [-0.3, -0.25) is 9.59 Å². The van der Waals surface area contributed by atoms with E-state index in [1.165, 1.54) is 0 Å². The van der Waals surface area contributed by atoms with Crippen molar-refractivity contribution in [1.29, 1.82) is 0 Å². The zero-order valence-electron chi connectivity index (χ0n) is 9.57. The fraction of sp³-hybridized carbons (Fsp3) is 0.818. The highest BCUT2D eigenvalue weighted by atomic mass is 16.5. The van der Waals surface area contributed by atoms with Crippen molar-refractivity contribution in [2.24, 2.45) is 5.92 Å². The largest absolute Gasteiger partial charge is 0.383 e. The van der Waals surface area contributed by atoms with Crippen molar-refractivity contribution >= 4 is 11.8 Å². The minimum atomic E-state index is -0.162. The molecule has 1 unspecified atom stereocenters. The summed E-state index contributed by atoms with van der Waals surface area (Å²) in [5.41, 5.74) is 0. The van der Waals surface area contributed by atoms with Crippen LogP contribution >= 0.6 is 0 Å². The Kier molecular flexibility index (Phi) is 3.43. The number of nitrogens with zero attached hydrogens (tertiary/aromatic N) is 1. The number of rotatable bonds is 5. The standard InChI is InChI=1S/C11H18N2O3/c1-16-5-4-13(9-2-3-9)11(15)8-6-10(14)12-7-8/h8-9H,2-7H2,1H3,(H,12,14). The topological polar surface area (TPSA) is 58.6 Å². The molecule has 2 fully saturated rings. The molecule has 1 heterocycles. The van der Waals surface area contributed by atoms with Crippen molar-refractivity contribution < 1.29 is 14.3 Å². The van der Waals surface area contributed by atoms with Gasteiger partial charge in [0.05, 0.1) is 12.5 Å². The molecule has 0 aromatic carbocycles. The van der Waals surface area contributed by atoms with Gasteiger partial charge in [0.2, 0.25) is 11.8 Å². The number of carbonyl (C=O) groups excluding carboxylic acids is 2. The molecule has 0 bridgehead atoms. The van der Waals surface area contributed by atoms with E-state index in [9.17, 15) is 9.59 Å². The average molecular weight is 226 g/mol. The van der Waals surface area contributed by atoms with E-state index >= 15 is 0 Å². The third-order valence-electron chi connectivity index (χ3n) is 3.13. The molecule has 0 aromatic heterocycles. The molecule has 0 aromatic rings. The van der Waals surface area contributed by atoms with E-state index in [0.29, 0.717) is 32.2 Å². The van der Waals surface area contributed by atoms with Crippen LogP contribution in [-0.2, 0) is 14.3 Å². The quantitative estimate of drug-likeness (QED) is 0.704. The summed E-state index contributed by atoms with van der Waals surface area (Å²) in [7, 11) is 1.64. The molecule has 0 spiro atoms. The van der Waals surface area contributed by atoms with Gasteiger partial charge in [-0.25, -0.2) is 0 Å². The molecular weight excluding hydrogens is 208 g/mol. The van der Waals surface area contributed by atoms with Crippen LogP contribution in [0.25, 0.3) is 0 Å². The SMILES string of the molecule is COCCN(C(=O)C1CNC(=O)C1)C1CC1. The van der Waals surface area contributed by atoms with E-state index in [1.807, 2.05) is 4.90 Å². The highest BCUT2D eigenvalue weighted by Gasteiger charge is 2.38. The highest BCUT2D eigenvalue weighted by Crippen LogP contribution is 2.28. The van der Waals surface area contributed by atoms with Gasteiger partial charge >= 0.3 is 0 Å². The predicted octanol–water partition coefficient (Wildman–Crippen LogP) is -0.240. The Morgan fingerprint density at radius 2 is 2.31 bits per heavy atom.